The van der Waals surface area contributed by atoms with Gasteiger partial charge in [0.05, 0.1) is 10.6 Å². The molecule has 1 aliphatic rings. The summed E-state index contributed by atoms with van der Waals surface area (Å²) in [5.74, 6) is 0. The first kappa shape index (κ1) is 20.8. The molecule has 1 N–H and O–H groups in total. The van der Waals surface area contributed by atoms with E-state index in [0.29, 0.717) is 5.56 Å². The van der Waals surface area contributed by atoms with E-state index >= 15 is 0 Å². The van der Waals surface area contributed by atoms with Crippen molar-refractivity contribution in [1.29, 1.82) is 0 Å². The Hall–Kier alpha value is -0.200. The Labute approximate surface area is 139 Å². The van der Waals surface area contributed by atoms with E-state index in [0.717, 1.165) is 32.2 Å². The molecule has 0 radical (unpaired) electrons. The molecule has 0 spiro atoms. The number of hydrogen-bond donors (Lipinski definition) is 1. The van der Waals surface area contributed by atoms with E-state index in [-0.39, 0.29) is 35.9 Å². The van der Waals surface area contributed by atoms with Gasteiger partial charge in [-0.2, -0.15) is 13.2 Å². The molecule has 0 unspecified atom stereocenters. The number of rotatable bonds is 2. The first-order valence-electron chi connectivity index (χ1n) is 6.21. The molecule has 1 atom stereocenters. The second-order valence-electron chi connectivity index (χ2n) is 4.67. The van der Waals surface area contributed by atoms with Crippen LogP contribution in [-0.4, -0.2) is 31.1 Å². The van der Waals surface area contributed by atoms with Crippen molar-refractivity contribution in [3.05, 3.63) is 34.3 Å². The van der Waals surface area contributed by atoms with Crippen LogP contribution in [0.15, 0.2) is 18.2 Å². The van der Waals surface area contributed by atoms with Gasteiger partial charge in [-0.1, -0.05) is 23.7 Å². The van der Waals surface area contributed by atoms with Crippen LogP contribution in [0.3, 0.4) is 0 Å². The highest BCUT2D eigenvalue weighted by Gasteiger charge is 2.34. The number of nitrogens with zero attached hydrogens (tertiary/aromatic N) is 1. The summed E-state index contributed by atoms with van der Waals surface area (Å²) in [6, 6.07) is 4.00. The van der Waals surface area contributed by atoms with Crippen LogP contribution in [0.5, 0.6) is 0 Å². The molecule has 1 aliphatic heterocycles. The third-order valence-electron chi connectivity index (χ3n) is 3.48. The molecule has 122 valence electrons. The summed E-state index contributed by atoms with van der Waals surface area (Å²) in [6.07, 6.45) is -4.41. The minimum atomic E-state index is -4.41. The van der Waals surface area contributed by atoms with E-state index in [1.54, 1.807) is 6.07 Å². The summed E-state index contributed by atoms with van der Waals surface area (Å²) in [6.45, 7) is 5.22. The van der Waals surface area contributed by atoms with Gasteiger partial charge in [0.2, 0.25) is 0 Å². The Morgan fingerprint density at radius 3 is 2.29 bits per heavy atom. The molecule has 0 bridgehead atoms. The van der Waals surface area contributed by atoms with E-state index in [2.05, 4.69) is 10.2 Å². The molecule has 1 saturated heterocycles. The van der Waals surface area contributed by atoms with Crippen molar-refractivity contribution in [2.75, 3.05) is 26.2 Å². The highest BCUT2D eigenvalue weighted by molar-refractivity contribution is 6.32. The number of alkyl halides is 3. The van der Waals surface area contributed by atoms with Crippen LogP contribution >= 0.6 is 36.4 Å². The fourth-order valence-corrected chi connectivity index (χ4v) is 2.75. The number of nitrogens with one attached hydrogen (secondary N) is 1. The Balaban J connectivity index is 0.00000200. The molecule has 2 nitrogen and oxygen atoms in total. The summed E-state index contributed by atoms with van der Waals surface area (Å²) in [5.41, 5.74) is -0.216. The van der Waals surface area contributed by atoms with Gasteiger partial charge in [-0.15, -0.1) is 24.8 Å². The monoisotopic (exact) mass is 364 g/mol. The van der Waals surface area contributed by atoms with Crippen LogP contribution in [-0.2, 0) is 6.18 Å². The molecule has 1 aromatic rings. The van der Waals surface area contributed by atoms with Gasteiger partial charge in [-0.3, -0.25) is 4.90 Å². The summed E-state index contributed by atoms with van der Waals surface area (Å²) < 4.78 is 38.5. The SMILES string of the molecule is C[C@@H](c1cccc(C(F)(F)F)c1Cl)N1CCNCC1.Cl.Cl. The van der Waals surface area contributed by atoms with E-state index in [1.807, 2.05) is 6.92 Å². The molecular weight excluding hydrogens is 348 g/mol. The molecule has 2 rings (SSSR count). The molecular formula is C13H18Cl3F3N2. The average Bonchev–Trinajstić information content (AvgIpc) is 2.38. The smallest absolute Gasteiger partial charge is 0.314 e. The fourth-order valence-electron chi connectivity index (χ4n) is 2.36. The lowest BCUT2D eigenvalue weighted by atomic mass is 10.0. The normalized spacial score (nSPS) is 17.6. The molecule has 1 aromatic carbocycles. The van der Waals surface area contributed by atoms with E-state index in [1.165, 1.54) is 6.07 Å². The molecule has 0 amide bonds. The maximum absolute atomic E-state index is 12.8. The topological polar surface area (TPSA) is 15.3 Å². The first-order chi connectivity index (χ1) is 8.91. The summed E-state index contributed by atoms with van der Waals surface area (Å²) in [7, 11) is 0. The van der Waals surface area contributed by atoms with Gasteiger partial charge in [0.25, 0.3) is 0 Å². The molecule has 0 aliphatic carbocycles. The number of halogens is 6. The molecule has 1 heterocycles. The largest absolute Gasteiger partial charge is 0.417 e. The fraction of sp³-hybridized carbons (Fsp3) is 0.538. The van der Waals surface area contributed by atoms with Crippen LogP contribution < -0.4 is 5.32 Å². The number of piperazine rings is 1. The van der Waals surface area contributed by atoms with Gasteiger partial charge in [-0.25, -0.2) is 0 Å². The van der Waals surface area contributed by atoms with Gasteiger partial charge < -0.3 is 5.32 Å². The Bertz CT molecular complexity index is 449. The molecule has 1 fully saturated rings. The van der Waals surface area contributed by atoms with Crippen molar-refractivity contribution >= 4 is 36.4 Å². The van der Waals surface area contributed by atoms with E-state index in [9.17, 15) is 13.2 Å². The van der Waals surface area contributed by atoms with Crippen molar-refractivity contribution in [3.63, 3.8) is 0 Å². The highest BCUT2D eigenvalue weighted by atomic mass is 35.5. The highest BCUT2D eigenvalue weighted by Crippen LogP contribution is 2.39. The van der Waals surface area contributed by atoms with Gasteiger partial charge in [0.1, 0.15) is 0 Å². The van der Waals surface area contributed by atoms with Crippen LogP contribution in [0.4, 0.5) is 13.2 Å². The summed E-state index contributed by atoms with van der Waals surface area (Å²) >= 11 is 5.95. The van der Waals surface area contributed by atoms with Crippen LogP contribution in [0.2, 0.25) is 5.02 Å². The lowest BCUT2D eigenvalue weighted by Gasteiger charge is -2.33. The standard InChI is InChI=1S/C13H16ClF3N2.2ClH/c1-9(19-7-5-18-6-8-19)10-3-2-4-11(12(10)14)13(15,16)17;;/h2-4,9,18H,5-8H2,1H3;2*1H/t9-;;/m0../s1. The Kier molecular flexibility index (Phi) is 8.36. The second kappa shape index (κ2) is 8.44. The molecule has 8 heteroatoms. The zero-order valence-electron chi connectivity index (χ0n) is 11.4. The van der Waals surface area contributed by atoms with Gasteiger partial charge in [-0.05, 0) is 18.6 Å². The van der Waals surface area contributed by atoms with Crippen LogP contribution in [0.1, 0.15) is 24.1 Å². The average molecular weight is 366 g/mol. The molecule has 21 heavy (non-hydrogen) atoms. The minimum absolute atomic E-state index is 0. The van der Waals surface area contributed by atoms with Gasteiger partial charge >= 0.3 is 6.18 Å². The van der Waals surface area contributed by atoms with Crippen molar-refractivity contribution in [3.8, 4) is 0 Å². The van der Waals surface area contributed by atoms with Crippen LogP contribution in [0.25, 0.3) is 0 Å². The van der Waals surface area contributed by atoms with Crippen molar-refractivity contribution in [1.82, 2.24) is 10.2 Å². The summed E-state index contributed by atoms with van der Waals surface area (Å²) in [5, 5.41) is 3.04. The van der Waals surface area contributed by atoms with Gasteiger partial charge in [0, 0.05) is 32.2 Å². The minimum Gasteiger partial charge on any atom is -0.314 e. The quantitative estimate of drug-likeness (QED) is 0.846. The lowest BCUT2D eigenvalue weighted by molar-refractivity contribution is -0.137. The summed E-state index contributed by atoms with van der Waals surface area (Å²) in [4.78, 5) is 2.14. The predicted octanol–water partition coefficient (Wildman–Crippen LogP) is 4.17. The maximum atomic E-state index is 12.8. The van der Waals surface area contributed by atoms with Crippen molar-refractivity contribution < 1.29 is 13.2 Å². The van der Waals surface area contributed by atoms with Crippen molar-refractivity contribution in [2.45, 2.75) is 19.1 Å². The predicted molar refractivity (Wildman–Crippen MR) is 83.8 cm³/mol. The molecule has 0 saturated carbocycles. The second-order valence-corrected chi connectivity index (χ2v) is 5.05. The van der Waals surface area contributed by atoms with E-state index in [4.69, 9.17) is 11.6 Å². The zero-order valence-corrected chi connectivity index (χ0v) is 13.8. The Morgan fingerprint density at radius 2 is 1.76 bits per heavy atom. The third-order valence-corrected chi connectivity index (χ3v) is 3.91. The van der Waals surface area contributed by atoms with Crippen molar-refractivity contribution in [2.24, 2.45) is 0 Å². The van der Waals surface area contributed by atoms with Gasteiger partial charge in [0.15, 0.2) is 0 Å². The Morgan fingerprint density at radius 1 is 1.19 bits per heavy atom. The number of hydrogen-bond acceptors (Lipinski definition) is 2. The maximum Gasteiger partial charge on any atom is 0.417 e. The lowest BCUT2D eigenvalue weighted by Crippen LogP contribution is -2.44. The third kappa shape index (κ3) is 4.89. The van der Waals surface area contributed by atoms with E-state index < -0.39 is 11.7 Å². The first-order valence-corrected chi connectivity index (χ1v) is 6.59. The zero-order chi connectivity index (χ0) is 14.0. The number of benzene rings is 1. The molecule has 0 aromatic heterocycles. The van der Waals surface area contributed by atoms with Crippen LogP contribution in [0, 0.1) is 0 Å².